The molecule has 1 N–H and O–H groups in total. The van der Waals surface area contributed by atoms with Gasteiger partial charge in [-0.15, -0.1) is 0 Å². The van der Waals surface area contributed by atoms with Crippen molar-refractivity contribution in [3.63, 3.8) is 0 Å². The van der Waals surface area contributed by atoms with E-state index in [1.807, 2.05) is 55.3 Å². The van der Waals surface area contributed by atoms with E-state index >= 15 is 0 Å². The molecule has 1 aliphatic heterocycles. The van der Waals surface area contributed by atoms with Crippen molar-refractivity contribution in [2.75, 3.05) is 19.6 Å². The van der Waals surface area contributed by atoms with Crippen LogP contribution in [0.3, 0.4) is 0 Å². The summed E-state index contributed by atoms with van der Waals surface area (Å²) in [6.07, 6.45) is 2.97. The second-order valence-corrected chi connectivity index (χ2v) is 6.28. The lowest BCUT2D eigenvalue weighted by Gasteiger charge is -2.13. The van der Waals surface area contributed by atoms with E-state index < -0.39 is 0 Å². The average Bonchev–Trinajstić information content (AvgIpc) is 3.04. The molecule has 0 fully saturated rings. The van der Waals surface area contributed by atoms with Gasteiger partial charge in [-0.2, -0.15) is 0 Å². The molecule has 2 aromatic rings. The van der Waals surface area contributed by atoms with E-state index in [0.717, 1.165) is 19.6 Å². The molecular formula is C20H26N2OS. The number of carbonyl (C=O) groups is 1. The van der Waals surface area contributed by atoms with Crippen LogP contribution in [0.1, 0.15) is 13.8 Å². The smallest absolute Gasteiger partial charge is 0.207 e. The Labute approximate surface area is 149 Å². The van der Waals surface area contributed by atoms with E-state index in [1.54, 1.807) is 0 Å². The van der Waals surface area contributed by atoms with Gasteiger partial charge in [-0.3, -0.25) is 4.79 Å². The Kier molecular flexibility index (Phi) is 11.2. The zero-order chi connectivity index (χ0) is 17.5. The SMILES string of the molecule is CC1=CCN(Sc2ccccc2)C1.CCNC=O.c1ccccc1. The minimum atomic E-state index is 0.681. The van der Waals surface area contributed by atoms with Crippen LogP contribution in [0, 0.1) is 0 Å². The largest absolute Gasteiger partial charge is 0.359 e. The number of carbonyl (C=O) groups excluding carboxylic acids is 1. The number of hydrogen-bond donors (Lipinski definition) is 1. The molecule has 0 radical (unpaired) electrons. The maximum Gasteiger partial charge on any atom is 0.207 e. The molecule has 128 valence electrons. The number of rotatable bonds is 4. The van der Waals surface area contributed by atoms with Gasteiger partial charge in [-0.25, -0.2) is 4.31 Å². The van der Waals surface area contributed by atoms with Gasteiger partial charge in [0.25, 0.3) is 0 Å². The number of amides is 1. The average molecular weight is 343 g/mol. The topological polar surface area (TPSA) is 32.3 Å². The molecule has 0 saturated carbocycles. The number of nitrogens with one attached hydrogen (secondary N) is 1. The van der Waals surface area contributed by atoms with E-state index in [2.05, 4.69) is 53.0 Å². The quantitative estimate of drug-likeness (QED) is 0.508. The van der Waals surface area contributed by atoms with Crippen molar-refractivity contribution >= 4 is 18.4 Å². The van der Waals surface area contributed by atoms with Crippen molar-refractivity contribution in [2.45, 2.75) is 18.7 Å². The van der Waals surface area contributed by atoms with Crippen LogP contribution >= 0.6 is 11.9 Å². The first-order chi connectivity index (χ1) is 11.8. The lowest BCUT2D eigenvalue weighted by atomic mass is 10.3. The molecule has 0 bridgehead atoms. The first-order valence-corrected chi connectivity index (χ1v) is 8.84. The maximum absolute atomic E-state index is 9.29. The highest BCUT2D eigenvalue weighted by atomic mass is 32.2. The van der Waals surface area contributed by atoms with Gasteiger partial charge >= 0.3 is 0 Å². The zero-order valence-electron chi connectivity index (χ0n) is 14.4. The van der Waals surface area contributed by atoms with Gasteiger partial charge in [-0.1, -0.05) is 66.2 Å². The molecule has 0 saturated heterocycles. The molecular weight excluding hydrogens is 316 g/mol. The minimum absolute atomic E-state index is 0.681. The monoisotopic (exact) mass is 342 g/mol. The van der Waals surface area contributed by atoms with Crippen LogP contribution in [-0.4, -0.2) is 30.3 Å². The fourth-order valence-corrected chi connectivity index (χ4v) is 2.83. The highest BCUT2D eigenvalue weighted by Crippen LogP contribution is 2.25. The van der Waals surface area contributed by atoms with Crippen LogP contribution in [0.25, 0.3) is 0 Å². The fraction of sp³-hybridized carbons (Fsp3) is 0.250. The maximum atomic E-state index is 9.29. The third-order valence-electron chi connectivity index (χ3n) is 3.00. The lowest BCUT2D eigenvalue weighted by Crippen LogP contribution is -2.10. The van der Waals surface area contributed by atoms with Crippen molar-refractivity contribution in [3.05, 3.63) is 78.4 Å². The second-order valence-electron chi connectivity index (χ2n) is 5.11. The number of hydrogen-bond acceptors (Lipinski definition) is 3. The van der Waals surface area contributed by atoms with Gasteiger partial charge in [0.2, 0.25) is 6.41 Å². The highest BCUT2D eigenvalue weighted by Gasteiger charge is 2.11. The standard InChI is InChI=1S/C11H13NS.C6H6.C3H7NO/c1-10-7-8-12(9-10)13-11-5-3-2-4-6-11;1-2-4-6-5-3-1;1-2-4-3-5/h2-7H,8-9H2,1H3;1-6H;3H,2H2,1H3,(H,4,5). The fourth-order valence-electron chi connectivity index (χ4n) is 1.83. The molecule has 0 aliphatic carbocycles. The van der Waals surface area contributed by atoms with Crippen LogP contribution in [0.15, 0.2) is 83.3 Å². The summed E-state index contributed by atoms with van der Waals surface area (Å²) in [7, 11) is 0. The Hall–Kier alpha value is -2.04. The molecule has 0 atom stereocenters. The summed E-state index contributed by atoms with van der Waals surface area (Å²) in [5.41, 5.74) is 1.48. The molecule has 0 spiro atoms. The molecule has 1 aliphatic rings. The summed E-state index contributed by atoms with van der Waals surface area (Å²) >= 11 is 1.84. The van der Waals surface area contributed by atoms with E-state index in [4.69, 9.17) is 0 Å². The lowest BCUT2D eigenvalue weighted by molar-refractivity contribution is -0.109. The normalized spacial score (nSPS) is 12.8. The molecule has 1 heterocycles. The third-order valence-corrected chi connectivity index (χ3v) is 4.02. The Balaban J connectivity index is 0.000000218. The summed E-state index contributed by atoms with van der Waals surface area (Å²) in [5, 5.41) is 2.43. The van der Waals surface area contributed by atoms with Gasteiger partial charge in [0.1, 0.15) is 0 Å². The van der Waals surface area contributed by atoms with E-state index in [9.17, 15) is 4.79 Å². The van der Waals surface area contributed by atoms with E-state index in [1.165, 1.54) is 10.5 Å². The van der Waals surface area contributed by atoms with E-state index in [0.29, 0.717) is 6.41 Å². The summed E-state index contributed by atoms with van der Waals surface area (Å²) in [4.78, 5) is 10.6. The Morgan fingerprint density at radius 1 is 1.04 bits per heavy atom. The Morgan fingerprint density at radius 3 is 1.96 bits per heavy atom. The number of nitrogens with zero attached hydrogens (tertiary/aromatic N) is 1. The van der Waals surface area contributed by atoms with Gasteiger partial charge in [0.05, 0.1) is 0 Å². The van der Waals surface area contributed by atoms with Crippen LogP contribution in [0.2, 0.25) is 0 Å². The molecule has 3 rings (SSSR count). The highest BCUT2D eigenvalue weighted by molar-refractivity contribution is 7.97. The molecule has 24 heavy (non-hydrogen) atoms. The molecule has 3 nitrogen and oxygen atoms in total. The summed E-state index contributed by atoms with van der Waals surface area (Å²) in [6, 6.07) is 22.5. The van der Waals surface area contributed by atoms with Crippen LogP contribution in [-0.2, 0) is 4.79 Å². The predicted octanol–water partition coefficient (Wildman–Crippen LogP) is 4.39. The molecule has 4 heteroatoms. The van der Waals surface area contributed by atoms with Crippen molar-refractivity contribution in [1.29, 1.82) is 0 Å². The number of benzene rings is 2. The Bertz CT molecular complexity index is 546. The van der Waals surface area contributed by atoms with Crippen LogP contribution < -0.4 is 5.32 Å². The van der Waals surface area contributed by atoms with Crippen molar-refractivity contribution in [2.24, 2.45) is 0 Å². The summed E-state index contributed by atoms with van der Waals surface area (Å²) < 4.78 is 2.37. The molecule has 1 amide bonds. The van der Waals surface area contributed by atoms with Gasteiger partial charge in [-0.05, 0) is 37.9 Å². The summed E-state index contributed by atoms with van der Waals surface area (Å²) in [5.74, 6) is 0. The van der Waals surface area contributed by atoms with Gasteiger partial charge < -0.3 is 5.32 Å². The zero-order valence-corrected chi connectivity index (χ0v) is 15.2. The minimum Gasteiger partial charge on any atom is -0.359 e. The Morgan fingerprint density at radius 2 is 1.58 bits per heavy atom. The van der Waals surface area contributed by atoms with Crippen molar-refractivity contribution in [3.8, 4) is 0 Å². The predicted molar refractivity (Wildman–Crippen MR) is 104 cm³/mol. The van der Waals surface area contributed by atoms with Gasteiger partial charge in [0, 0.05) is 24.5 Å². The first kappa shape index (κ1) is 20.0. The van der Waals surface area contributed by atoms with Crippen molar-refractivity contribution in [1.82, 2.24) is 9.62 Å². The second kappa shape index (κ2) is 13.4. The van der Waals surface area contributed by atoms with E-state index in [-0.39, 0.29) is 0 Å². The van der Waals surface area contributed by atoms with Crippen LogP contribution in [0.4, 0.5) is 0 Å². The molecule has 2 aromatic carbocycles. The third kappa shape index (κ3) is 9.87. The first-order valence-electron chi connectivity index (χ1n) is 8.07. The van der Waals surface area contributed by atoms with Crippen LogP contribution in [0.5, 0.6) is 0 Å². The van der Waals surface area contributed by atoms with Crippen molar-refractivity contribution < 1.29 is 4.79 Å². The summed E-state index contributed by atoms with van der Waals surface area (Å²) in [6.45, 7) is 6.95. The molecule has 0 unspecified atom stereocenters. The molecule has 0 aromatic heterocycles. The van der Waals surface area contributed by atoms with Gasteiger partial charge in [0.15, 0.2) is 0 Å².